The molecule has 0 radical (unpaired) electrons. The molecule has 90 valence electrons. The number of hydrogen-bond donors (Lipinski definition) is 1. The standard InChI is InChI=1S/C12H14N2O2S/c1-8(2)9-3-4-11-12(5-9)17(15,16)7-10(6-13)14-11/h3-5,8,10,14H,7H2,1-2H3. The molecule has 1 aliphatic heterocycles. The van der Waals surface area contributed by atoms with Gasteiger partial charge >= 0.3 is 0 Å². The lowest BCUT2D eigenvalue weighted by Gasteiger charge is -2.23. The summed E-state index contributed by atoms with van der Waals surface area (Å²) in [5.74, 6) is 0.127. The smallest absolute Gasteiger partial charge is 0.183 e. The van der Waals surface area contributed by atoms with Crippen molar-refractivity contribution in [2.75, 3.05) is 11.1 Å². The van der Waals surface area contributed by atoms with Crippen molar-refractivity contribution in [1.29, 1.82) is 5.26 Å². The molecular formula is C12H14N2O2S. The molecule has 4 nitrogen and oxygen atoms in total. The van der Waals surface area contributed by atoms with Gasteiger partial charge in [0.15, 0.2) is 9.84 Å². The van der Waals surface area contributed by atoms with Crippen LogP contribution in [-0.2, 0) is 9.84 Å². The molecule has 0 amide bonds. The molecule has 17 heavy (non-hydrogen) atoms. The van der Waals surface area contributed by atoms with Crippen LogP contribution in [-0.4, -0.2) is 20.2 Å². The number of sulfone groups is 1. The number of fused-ring (bicyclic) bond motifs is 1. The highest BCUT2D eigenvalue weighted by Gasteiger charge is 2.30. The van der Waals surface area contributed by atoms with Crippen molar-refractivity contribution in [2.45, 2.75) is 30.7 Å². The van der Waals surface area contributed by atoms with Crippen molar-refractivity contribution >= 4 is 15.5 Å². The Morgan fingerprint density at radius 2 is 2.18 bits per heavy atom. The Morgan fingerprint density at radius 1 is 1.47 bits per heavy atom. The number of nitriles is 1. The number of nitrogens with zero attached hydrogens (tertiary/aromatic N) is 1. The van der Waals surface area contributed by atoms with Crippen LogP contribution in [0.4, 0.5) is 5.69 Å². The molecule has 0 bridgehead atoms. The molecule has 0 saturated heterocycles. The molecule has 1 aliphatic rings. The highest BCUT2D eigenvalue weighted by Crippen LogP contribution is 2.31. The number of hydrogen-bond acceptors (Lipinski definition) is 4. The van der Waals surface area contributed by atoms with Crippen molar-refractivity contribution < 1.29 is 8.42 Å². The monoisotopic (exact) mass is 250 g/mol. The van der Waals surface area contributed by atoms with E-state index in [9.17, 15) is 8.42 Å². The Morgan fingerprint density at radius 3 is 2.76 bits per heavy atom. The fourth-order valence-electron chi connectivity index (χ4n) is 1.88. The van der Waals surface area contributed by atoms with Crippen molar-refractivity contribution in [1.82, 2.24) is 0 Å². The first-order valence-electron chi connectivity index (χ1n) is 5.47. The highest BCUT2D eigenvalue weighted by atomic mass is 32.2. The minimum absolute atomic E-state index is 0.155. The second-order valence-corrected chi connectivity index (χ2v) is 6.52. The van der Waals surface area contributed by atoms with Gasteiger partial charge in [0.05, 0.1) is 22.4 Å². The van der Waals surface area contributed by atoms with Crippen LogP contribution in [0.1, 0.15) is 25.3 Å². The number of nitrogens with one attached hydrogen (secondary N) is 1. The van der Waals surface area contributed by atoms with Crippen LogP contribution in [0.3, 0.4) is 0 Å². The third kappa shape index (κ3) is 2.13. The summed E-state index contributed by atoms with van der Waals surface area (Å²) in [5, 5.41) is 11.7. The van der Waals surface area contributed by atoms with Crippen LogP contribution in [0.5, 0.6) is 0 Å². The topological polar surface area (TPSA) is 70.0 Å². The third-order valence-corrected chi connectivity index (χ3v) is 4.66. The average molecular weight is 250 g/mol. The zero-order valence-corrected chi connectivity index (χ0v) is 10.6. The van der Waals surface area contributed by atoms with E-state index in [2.05, 4.69) is 5.32 Å². The second-order valence-electron chi connectivity index (χ2n) is 4.52. The van der Waals surface area contributed by atoms with Gasteiger partial charge in [0.2, 0.25) is 0 Å². The summed E-state index contributed by atoms with van der Waals surface area (Å²) < 4.78 is 24.1. The van der Waals surface area contributed by atoms with E-state index < -0.39 is 15.9 Å². The maximum atomic E-state index is 12.0. The summed E-state index contributed by atoms with van der Waals surface area (Å²) in [6.07, 6.45) is 0. The maximum Gasteiger partial charge on any atom is 0.183 e. The van der Waals surface area contributed by atoms with E-state index in [0.29, 0.717) is 10.6 Å². The van der Waals surface area contributed by atoms with Gasteiger partial charge in [-0.3, -0.25) is 0 Å². The van der Waals surface area contributed by atoms with Crippen LogP contribution in [0.15, 0.2) is 23.1 Å². The predicted octanol–water partition coefficient (Wildman–Crippen LogP) is 1.90. The Bertz CT molecular complexity index is 585. The molecule has 1 N–H and O–H groups in total. The van der Waals surface area contributed by atoms with Crippen molar-refractivity contribution in [3.63, 3.8) is 0 Å². The average Bonchev–Trinajstić information content (AvgIpc) is 2.27. The van der Waals surface area contributed by atoms with E-state index >= 15 is 0 Å². The number of rotatable bonds is 1. The first-order chi connectivity index (χ1) is 7.94. The summed E-state index contributed by atoms with van der Waals surface area (Å²) in [4.78, 5) is 0.315. The summed E-state index contributed by atoms with van der Waals surface area (Å²) in [5.41, 5.74) is 1.52. The van der Waals surface area contributed by atoms with E-state index in [4.69, 9.17) is 5.26 Å². The van der Waals surface area contributed by atoms with Gasteiger partial charge in [-0.15, -0.1) is 0 Å². The lowest BCUT2D eigenvalue weighted by molar-refractivity contribution is 0.591. The molecule has 0 saturated carbocycles. The molecule has 0 fully saturated rings. The molecule has 1 heterocycles. The van der Waals surface area contributed by atoms with E-state index in [0.717, 1.165) is 5.56 Å². The van der Waals surface area contributed by atoms with E-state index in [1.54, 1.807) is 12.1 Å². The first kappa shape index (κ1) is 11.9. The molecule has 1 aromatic rings. The minimum atomic E-state index is -3.34. The Kier molecular flexibility index (Phi) is 2.84. The fraction of sp³-hybridized carbons (Fsp3) is 0.417. The van der Waals surface area contributed by atoms with Crippen LogP contribution in [0.25, 0.3) is 0 Å². The fourth-order valence-corrected chi connectivity index (χ4v) is 3.44. The largest absolute Gasteiger partial charge is 0.368 e. The van der Waals surface area contributed by atoms with Gasteiger partial charge in [-0.1, -0.05) is 19.9 Å². The quantitative estimate of drug-likeness (QED) is 0.826. The summed E-state index contributed by atoms with van der Waals surface area (Å²) in [7, 11) is -3.34. The third-order valence-electron chi connectivity index (χ3n) is 2.88. The van der Waals surface area contributed by atoms with Crippen LogP contribution < -0.4 is 5.32 Å². The molecule has 0 aromatic heterocycles. The van der Waals surface area contributed by atoms with Crippen LogP contribution >= 0.6 is 0 Å². The minimum Gasteiger partial charge on any atom is -0.368 e. The highest BCUT2D eigenvalue weighted by molar-refractivity contribution is 7.91. The number of benzene rings is 1. The number of anilines is 1. The van der Waals surface area contributed by atoms with E-state index in [-0.39, 0.29) is 11.7 Å². The summed E-state index contributed by atoms with van der Waals surface area (Å²) >= 11 is 0. The molecule has 0 aliphatic carbocycles. The van der Waals surface area contributed by atoms with Gasteiger partial charge in [-0.25, -0.2) is 8.42 Å². The zero-order valence-electron chi connectivity index (χ0n) is 9.77. The van der Waals surface area contributed by atoms with Gasteiger partial charge in [0.25, 0.3) is 0 Å². The Labute approximate surface area is 101 Å². The molecule has 0 spiro atoms. The molecule has 5 heteroatoms. The van der Waals surface area contributed by atoms with Gasteiger partial charge in [-0.05, 0) is 23.6 Å². The van der Waals surface area contributed by atoms with Crippen LogP contribution in [0, 0.1) is 11.3 Å². The van der Waals surface area contributed by atoms with E-state index in [1.165, 1.54) is 0 Å². The molecule has 1 unspecified atom stereocenters. The molecule has 1 atom stereocenters. The SMILES string of the molecule is CC(C)c1ccc2c(c1)S(=O)(=O)CC(C#N)N2. The zero-order chi connectivity index (χ0) is 12.6. The second kappa shape index (κ2) is 4.04. The van der Waals surface area contributed by atoms with Crippen molar-refractivity contribution in [2.24, 2.45) is 0 Å². The summed E-state index contributed by atoms with van der Waals surface area (Å²) in [6.45, 7) is 4.03. The van der Waals surface area contributed by atoms with Crippen molar-refractivity contribution in [3.05, 3.63) is 23.8 Å². The molecular weight excluding hydrogens is 236 g/mol. The van der Waals surface area contributed by atoms with Gasteiger partial charge in [0, 0.05) is 0 Å². The van der Waals surface area contributed by atoms with Crippen molar-refractivity contribution in [3.8, 4) is 6.07 Å². The predicted molar refractivity (Wildman–Crippen MR) is 65.6 cm³/mol. The van der Waals surface area contributed by atoms with E-state index in [1.807, 2.05) is 26.0 Å². The first-order valence-corrected chi connectivity index (χ1v) is 7.12. The maximum absolute atomic E-state index is 12.0. The van der Waals surface area contributed by atoms with Gasteiger partial charge < -0.3 is 5.32 Å². The Hall–Kier alpha value is -1.54. The van der Waals surface area contributed by atoms with Gasteiger partial charge in [0.1, 0.15) is 6.04 Å². The van der Waals surface area contributed by atoms with Gasteiger partial charge in [-0.2, -0.15) is 5.26 Å². The van der Waals surface area contributed by atoms with Crippen LogP contribution in [0.2, 0.25) is 0 Å². The summed E-state index contributed by atoms with van der Waals surface area (Å²) in [6, 6.07) is 6.63. The molecule has 1 aromatic carbocycles. The lowest BCUT2D eigenvalue weighted by Crippen LogP contribution is -2.33. The Balaban J connectivity index is 2.56. The lowest BCUT2D eigenvalue weighted by atomic mass is 10.0. The normalized spacial score (nSPS) is 21.4. The molecule has 2 rings (SSSR count).